The first-order valence-electron chi connectivity index (χ1n) is 8.02. The van der Waals surface area contributed by atoms with Gasteiger partial charge in [0.05, 0.1) is 13.2 Å². The van der Waals surface area contributed by atoms with Crippen LogP contribution in [-0.2, 0) is 11.3 Å². The van der Waals surface area contributed by atoms with Gasteiger partial charge in [0.25, 0.3) is 0 Å². The van der Waals surface area contributed by atoms with Gasteiger partial charge in [-0.3, -0.25) is 4.90 Å². The van der Waals surface area contributed by atoms with E-state index in [0.29, 0.717) is 19.1 Å². The smallest absolute Gasteiger partial charge is 0.315 e. The standard InChI is InChI=1S/C16H27N5O2/c1-13(21-7-9-23-10-8-21)11-18-16(22)19-12-14-5-4-6-17-15(14)20(2)3/h4-6,13H,7-12H2,1-3H3,(H2,18,19,22). The fraction of sp³-hybridized carbons (Fsp3) is 0.625. The van der Waals surface area contributed by atoms with Crippen LogP contribution in [0, 0.1) is 0 Å². The average Bonchev–Trinajstić information content (AvgIpc) is 2.58. The van der Waals surface area contributed by atoms with Crippen LogP contribution in [0.3, 0.4) is 0 Å². The lowest BCUT2D eigenvalue weighted by atomic mass is 10.2. The largest absolute Gasteiger partial charge is 0.379 e. The van der Waals surface area contributed by atoms with Crippen LogP contribution in [0.5, 0.6) is 0 Å². The zero-order chi connectivity index (χ0) is 16.7. The van der Waals surface area contributed by atoms with Gasteiger partial charge in [-0.05, 0) is 13.0 Å². The van der Waals surface area contributed by atoms with Crippen LogP contribution < -0.4 is 15.5 Å². The van der Waals surface area contributed by atoms with E-state index >= 15 is 0 Å². The van der Waals surface area contributed by atoms with E-state index in [4.69, 9.17) is 4.74 Å². The number of carbonyl (C=O) groups excluding carboxylic acids is 1. The number of amides is 2. The summed E-state index contributed by atoms with van der Waals surface area (Å²) in [7, 11) is 3.88. The molecule has 128 valence electrons. The molecule has 0 aromatic carbocycles. The third kappa shape index (κ3) is 5.37. The molecule has 2 amide bonds. The first kappa shape index (κ1) is 17.5. The zero-order valence-electron chi connectivity index (χ0n) is 14.2. The molecule has 0 aliphatic carbocycles. The van der Waals surface area contributed by atoms with Crippen molar-refractivity contribution in [2.24, 2.45) is 0 Å². The summed E-state index contributed by atoms with van der Waals surface area (Å²) >= 11 is 0. The summed E-state index contributed by atoms with van der Waals surface area (Å²) in [6.07, 6.45) is 1.75. The zero-order valence-corrected chi connectivity index (χ0v) is 14.2. The summed E-state index contributed by atoms with van der Waals surface area (Å²) in [6.45, 7) is 6.59. The van der Waals surface area contributed by atoms with Crippen molar-refractivity contribution in [2.45, 2.75) is 19.5 Å². The van der Waals surface area contributed by atoms with Crippen molar-refractivity contribution in [2.75, 3.05) is 51.8 Å². The second-order valence-corrected chi connectivity index (χ2v) is 5.94. The summed E-state index contributed by atoms with van der Waals surface area (Å²) < 4.78 is 5.34. The Hall–Kier alpha value is -1.86. The molecular formula is C16H27N5O2. The van der Waals surface area contributed by atoms with Gasteiger partial charge in [-0.15, -0.1) is 0 Å². The summed E-state index contributed by atoms with van der Waals surface area (Å²) in [5, 5.41) is 5.82. The second kappa shape index (κ2) is 8.69. The van der Waals surface area contributed by atoms with Gasteiger partial charge in [0.1, 0.15) is 5.82 Å². The number of pyridine rings is 1. The number of hydrogen-bond donors (Lipinski definition) is 2. The first-order chi connectivity index (χ1) is 11.1. The maximum atomic E-state index is 12.0. The molecule has 1 aliphatic rings. The molecule has 1 fully saturated rings. The van der Waals surface area contributed by atoms with Crippen LogP contribution in [0.4, 0.5) is 10.6 Å². The van der Waals surface area contributed by atoms with Crippen molar-refractivity contribution in [3.8, 4) is 0 Å². The minimum Gasteiger partial charge on any atom is -0.379 e. The number of hydrogen-bond acceptors (Lipinski definition) is 5. The summed E-state index contributed by atoms with van der Waals surface area (Å²) in [5.74, 6) is 0.870. The second-order valence-electron chi connectivity index (χ2n) is 5.94. The molecule has 1 aromatic heterocycles. The van der Waals surface area contributed by atoms with Gasteiger partial charge >= 0.3 is 6.03 Å². The number of nitrogens with zero attached hydrogens (tertiary/aromatic N) is 3. The molecule has 7 heteroatoms. The molecule has 1 aliphatic heterocycles. The molecule has 0 spiro atoms. The average molecular weight is 321 g/mol. The van der Waals surface area contributed by atoms with Crippen LogP contribution in [0.1, 0.15) is 12.5 Å². The SMILES string of the molecule is CC(CNC(=O)NCc1cccnc1N(C)C)N1CCOCC1. The number of rotatable bonds is 6. The van der Waals surface area contributed by atoms with E-state index in [1.807, 2.05) is 31.1 Å². The minimum absolute atomic E-state index is 0.154. The van der Waals surface area contributed by atoms with Crippen molar-refractivity contribution in [1.82, 2.24) is 20.5 Å². The molecule has 1 saturated heterocycles. The Morgan fingerprint density at radius 1 is 1.39 bits per heavy atom. The van der Waals surface area contributed by atoms with E-state index in [9.17, 15) is 4.79 Å². The van der Waals surface area contributed by atoms with E-state index in [0.717, 1.165) is 37.7 Å². The fourth-order valence-corrected chi connectivity index (χ4v) is 2.60. The third-order valence-electron chi connectivity index (χ3n) is 3.96. The predicted octanol–water partition coefficient (Wildman–Crippen LogP) is 0.668. The Kier molecular flexibility index (Phi) is 6.61. The maximum absolute atomic E-state index is 12.0. The van der Waals surface area contributed by atoms with Crippen molar-refractivity contribution in [3.63, 3.8) is 0 Å². The summed E-state index contributed by atoms with van der Waals surface area (Å²) in [6, 6.07) is 4.00. The first-order valence-corrected chi connectivity index (χ1v) is 8.02. The Morgan fingerprint density at radius 2 is 2.13 bits per heavy atom. The molecule has 2 rings (SSSR count). The molecule has 0 bridgehead atoms. The normalized spacial score (nSPS) is 16.7. The molecule has 1 aromatic rings. The van der Waals surface area contributed by atoms with Gasteiger partial charge in [0.15, 0.2) is 0 Å². The lowest BCUT2D eigenvalue weighted by molar-refractivity contribution is 0.0209. The molecule has 0 saturated carbocycles. The van der Waals surface area contributed by atoms with Gasteiger partial charge in [0.2, 0.25) is 0 Å². The quantitative estimate of drug-likeness (QED) is 0.806. The number of ether oxygens (including phenoxy) is 1. The highest BCUT2D eigenvalue weighted by atomic mass is 16.5. The van der Waals surface area contributed by atoms with E-state index in [-0.39, 0.29) is 6.03 Å². The lowest BCUT2D eigenvalue weighted by Crippen LogP contribution is -2.48. The van der Waals surface area contributed by atoms with Gasteiger partial charge in [0, 0.05) is 58.1 Å². The summed E-state index contributed by atoms with van der Waals surface area (Å²) in [5.41, 5.74) is 0.994. The van der Waals surface area contributed by atoms with E-state index in [2.05, 4.69) is 27.4 Å². The van der Waals surface area contributed by atoms with Crippen LogP contribution in [-0.4, -0.2) is 68.9 Å². The number of aromatic nitrogens is 1. The van der Waals surface area contributed by atoms with Crippen LogP contribution in [0.15, 0.2) is 18.3 Å². The topological polar surface area (TPSA) is 69.7 Å². The minimum atomic E-state index is -0.154. The molecule has 7 nitrogen and oxygen atoms in total. The summed E-state index contributed by atoms with van der Waals surface area (Å²) in [4.78, 5) is 20.6. The number of anilines is 1. The van der Waals surface area contributed by atoms with Gasteiger partial charge in [-0.25, -0.2) is 9.78 Å². The van der Waals surface area contributed by atoms with Crippen LogP contribution in [0.2, 0.25) is 0 Å². The molecule has 2 N–H and O–H groups in total. The van der Waals surface area contributed by atoms with Crippen LogP contribution in [0.25, 0.3) is 0 Å². The molecule has 2 heterocycles. The van der Waals surface area contributed by atoms with E-state index in [1.54, 1.807) is 6.20 Å². The Bertz CT molecular complexity index is 503. The third-order valence-corrected chi connectivity index (χ3v) is 3.96. The van der Waals surface area contributed by atoms with Crippen molar-refractivity contribution in [3.05, 3.63) is 23.9 Å². The van der Waals surface area contributed by atoms with Crippen molar-refractivity contribution in [1.29, 1.82) is 0 Å². The molecule has 1 atom stereocenters. The van der Waals surface area contributed by atoms with Crippen LogP contribution >= 0.6 is 0 Å². The highest BCUT2D eigenvalue weighted by Gasteiger charge is 2.17. The molecule has 1 unspecified atom stereocenters. The highest BCUT2D eigenvalue weighted by Crippen LogP contribution is 2.13. The Balaban J connectivity index is 1.75. The Labute approximate surface area is 138 Å². The van der Waals surface area contributed by atoms with E-state index < -0.39 is 0 Å². The number of nitrogens with one attached hydrogen (secondary N) is 2. The fourth-order valence-electron chi connectivity index (χ4n) is 2.60. The van der Waals surface area contributed by atoms with Crippen molar-refractivity contribution >= 4 is 11.8 Å². The molecular weight excluding hydrogens is 294 g/mol. The molecule has 0 radical (unpaired) electrons. The van der Waals surface area contributed by atoms with Gasteiger partial charge in [-0.2, -0.15) is 0 Å². The Morgan fingerprint density at radius 3 is 2.83 bits per heavy atom. The number of urea groups is 1. The van der Waals surface area contributed by atoms with E-state index in [1.165, 1.54) is 0 Å². The number of carbonyl (C=O) groups is 1. The number of morpholine rings is 1. The highest BCUT2D eigenvalue weighted by molar-refractivity contribution is 5.74. The maximum Gasteiger partial charge on any atom is 0.315 e. The van der Waals surface area contributed by atoms with Gasteiger partial charge in [-0.1, -0.05) is 6.07 Å². The van der Waals surface area contributed by atoms with Crippen molar-refractivity contribution < 1.29 is 9.53 Å². The van der Waals surface area contributed by atoms with Gasteiger partial charge < -0.3 is 20.3 Å². The predicted molar refractivity (Wildman–Crippen MR) is 90.7 cm³/mol. The monoisotopic (exact) mass is 321 g/mol. The lowest BCUT2D eigenvalue weighted by Gasteiger charge is -2.32. The molecule has 23 heavy (non-hydrogen) atoms.